The average Bonchev–Trinajstić information content (AvgIpc) is 3.03. The molecule has 0 radical (unpaired) electrons. The number of hydrogen-bond donors (Lipinski definition) is 1. The van der Waals surface area contributed by atoms with E-state index in [9.17, 15) is 5.11 Å². The maximum absolute atomic E-state index is 9.64. The third-order valence-corrected chi connectivity index (χ3v) is 4.26. The van der Waals surface area contributed by atoms with E-state index >= 15 is 0 Å². The molecule has 1 N–H and O–H groups in total. The molecule has 0 unspecified atom stereocenters. The third-order valence-electron chi connectivity index (χ3n) is 2.43. The summed E-state index contributed by atoms with van der Waals surface area (Å²) in [6.45, 7) is 0. The average molecular weight is 250 g/mol. The van der Waals surface area contributed by atoms with Gasteiger partial charge < -0.3 is 5.11 Å². The molecule has 5 heteroatoms. The summed E-state index contributed by atoms with van der Waals surface area (Å²) in [7, 11) is 0. The summed E-state index contributed by atoms with van der Waals surface area (Å²) in [6, 6.07) is 7.30. The Labute approximate surface area is 102 Å². The first-order chi connectivity index (χ1) is 7.83. The zero-order chi connectivity index (χ0) is 11.0. The quantitative estimate of drug-likeness (QED) is 0.908. The van der Waals surface area contributed by atoms with Gasteiger partial charge in [0.25, 0.3) is 0 Å². The van der Waals surface area contributed by atoms with Crippen LogP contribution in [-0.2, 0) is 0 Å². The zero-order valence-corrected chi connectivity index (χ0v) is 10.1. The van der Waals surface area contributed by atoms with E-state index in [0.29, 0.717) is 11.7 Å². The van der Waals surface area contributed by atoms with Gasteiger partial charge in [-0.2, -0.15) is 4.37 Å². The topological polar surface area (TPSA) is 46.0 Å². The van der Waals surface area contributed by atoms with E-state index in [2.05, 4.69) is 9.36 Å². The molecular formula is C11H10N2OS2. The molecule has 1 aliphatic carbocycles. The SMILES string of the molecule is Oc1ccccc1Sc1nc(C2CC2)ns1. The highest BCUT2D eigenvalue weighted by Gasteiger charge is 2.27. The van der Waals surface area contributed by atoms with Crippen molar-refractivity contribution in [2.45, 2.75) is 28.0 Å². The highest BCUT2D eigenvalue weighted by atomic mass is 32.2. The minimum absolute atomic E-state index is 0.302. The van der Waals surface area contributed by atoms with E-state index in [1.165, 1.54) is 36.1 Å². The molecule has 1 saturated carbocycles. The highest BCUT2D eigenvalue weighted by molar-refractivity contribution is 8.01. The van der Waals surface area contributed by atoms with Crippen LogP contribution in [0, 0.1) is 0 Å². The number of aromatic nitrogens is 2. The van der Waals surface area contributed by atoms with Crippen molar-refractivity contribution in [1.29, 1.82) is 0 Å². The van der Waals surface area contributed by atoms with Crippen LogP contribution in [0.3, 0.4) is 0 Å². The summed E-state index contributed by atoms with van der Waals surface area (Å²) in [4.78, 5) is 5.30. The van der Waals surface area contributed by atoms with E-state index in [4.69, 9.17) is 0 Å². The van der Waals surface area contributed by atoms with E-state index in [-0.39, 0.29) is 0 Å². The lowest BCUT2D eigenvalue weighted by Gasteiger charge is -1.99. The number of nitrogens with zero attached hydrogens (tertiary/aromatic N) is 2. The normalized spacial score (nSPS) is 15.2. The van der Waals surface area contributed by atoms with Crippen molar-refractivity contribution in [3.63, 3.8) is 0 Å². The summed E-state index contributed by atoms with van der Waals surface area (Å²) in [5, 5.41) is 9.64. The van der Waals surface area contributed by atoms with Crippen LogP contribution < -0.4 is 0 Å². The predicted octanol–water partition coefficient (Wildman–Crippen LogP) is 3.27. The van der Waals surface area contributed by atoms with Crippen molar-refractivity contribution in [3.8, 4) is 5.75 Å². The minimum atomic E-state index is 0.302. The molecule has 3 rings (SSSR count). The van der Waals surface area contributed by atoms with Gasteiger partial charge in [0.15, 0.2) is 4.34 Å². The van der Waals surface area contributed by atoms with Crippen molar-refractivity contribution in [3.05, 3.63) is 30.1 Å². The molecular weight excluding hydrogens is 240 g/mol. The van der Waals surface area contributed by atoms with Gasteiger partial charge >= 0.3 is 0 Å². The van der Waals surface area contributed by atoms with Gasteiger partial charge in [0.1, 0.15) is 11.6 Å². The lowest BCUT2D eigenvalue weighted by atomic mass is 10.3. The molecule has 0 saturated heterocycles. The maximum Gasteiger partial charge on any atom is 0.175 e. The van der Waals surface area contributed by atoms with Crippen molar-refractivity contribution >= 4 is 23.3 Å². The van der Waals surface area contributed by atoms with Crippen LogP contribution in [0.2, 0.25) is 0 Å². The molecule has 82 valence electrons. The summed E-state index contributed by atoms with van der Waals surface area (Å²) in [5.41, 5.74) is 0. The maximum atomic E-state index is 9.64. The second-order valence-electron chi connectivity index (χ2n) is 3.76. The zero-order valence-electron chi connectivity index (χ0n) is 8.46. The van der Waals surface area contributed by atoms with Crippen LogP contribution in [0.1, 0.15) is 24.6 Å². The second kappa shape index (κ2) is 4.07. The molecule has 0 amide bonds. The Kier molecular flexibility index (Phi) is 2.57. The number of benzene rings is 1. The van der Waals surface area contributed by atoms with Crippen molar-refractivity contribution < 1.29 is 5.11 Å². The number of phenols is 1. The van der Waals surface area contributed by atoms with E-state index in [1.54, 1.807) is 6.07 Å². The molecule has 3 nitrogen and oxygen atoms in total. The van der Waals surface area contributed by atoms with Crippen molar-refractivity contribution in [1.82, 2.24) is 9.36 Å². The van der Waals surface area contributed by atoms with Gasteiger partial charge in [-0.25, -0.2) is 4.98 Å². The van der Waals surface area contributed by atoms with Crippen LogP contribution in [0.5, 0.6) is 5.75 Å². The number of hydrogen-bond acceptors (Lipinski definition) is 5. The van der Waals surface area contributed by atoms with Gasteiger partial charge in [-0.1, -0.05) is 23.9 Å². The van der Waals surface area contributed by atoms with Gasteiger partial charge in [-0.15, -0.1) is 0 Å². The third kappa shape index (κ3) is 2.05. The molecule has 2 aromatic rings. The van der Waals surface area contributed by atoms with Crippen LogP contribution >= 0.6 is 23.3 Å². The molecule has 0 aliphatic heterocycles. The fourth-order valence-electron chi connectivity index (χ4n) is 1.41. The highest BCUT2D eigenvalue weighted by Crippen LogP contribution is 2.41. The molecule has 0 atom stereocenters. The fraction of sp³-hybridized carbons (Fsp3) is 0.273. The first-order valence-electron chi connectivity index (χ1n) is 5.12. The summed E-state index contributed by atoms with van der Waals surface area (Å²) >= 11 is 2.89. The first-order valence-corrected chi connectivity index (χ1v) is 6.71. The van der Waals surface area contributed by atoms with Gasteiger partial charge in [0.05, 0.1) is 4.90 Å². The van der Waals surface area contributed by atoms with Crippen LogP contribution in [0.25, 0.3) is 0 Å². The van der Waals surface area contributed by atoms with Gasteiger partial charge in [-0.05, 0) is 36.5 Å². The number of aromatic hydroxyl groups is 1. The lowest BCUT2D eigenvalue weighted by Crippen LogP contribution is -1.80. The molecule has 0 bridgehead atoms. The Balaban J connectivity index is 1.80. The van der Waals surface area contributed by atoms with Gasteiger partial charge in [0, 0.05) is 5.92 Å². The Morgan fingerprint density at radius 1 is 1.31 bits per heavy atom. The standard InChI is InChI=1S/C11H10N2OS2/c14-8-3-1-2-4-9(8)15-11-12-10(13-16-11)7-5-6-7/h1-4,7,14H,5-6H2. The fourth-order valence-corrected chi connectivity index (χ4v) is 3.08. The molecule has 16 heavy (non-hydrogen) atoms. The summed E-state index contributed by atoms with van der Waals surface area (Å²) in [6.07, 6.45) is 2.44. The van der Waals surface area contributed by atoms with E-state index in [0.717, 1.165) is 15.1 Å². The molecule has 1 aromatic heterocycles. The smallest absolute Gasteiger partial charge is 0.175 e. The van der Waals surface area contributed by atoms with E-state index < -0.39 is 0 Å². The Morgan fingerprint density at radius 3 is 2.88 bits per heavy atom. The monoisotopic (exact) mass is 250 g/mol. The number of phenolic OH excluding ortho intramolecular Hbond substituents is 1. The van der Waals surface area contributed by atoms with Crippen LogP contribution in [0.15, 0.2) is 33.5 Å². The van der Waals surface area contributed by atoms with Crippen LogP contribution in [0.4, 0.5) is 0 Å². The Morgan fingerprint density at radius 2 is 2.12 bits per heavy atom. The summed E-state index contributed by atoms with van der Waals surface area (Å²) in [5.74, 6) is 1.87. The largest absolute Gasteiger partial charge is 0.507 e. The lowest BCUT2D eigenvalue weighted by molar-refractivity contribution is 0.462. The number of rotatable bonds is 3. The van der Waals surface area contributed by atoms with Crippen molar-refractivity contribution in [2.24, 2.45) is 0 Å². The second-order valence-corrected chi connectivity index (χ2v) is 5.80. The minimum Gasteiger partial charge on any atom is -0.507 e. The first kappa shape index (κ1) is 10.1. The Bertz CT molecular complexity index is 508. The Hall–Kier alpha value is -1.07. The van der Waals surface area contributed by atoms with Crippen molar-refractivity contribution in [2.75, 3.05) is 0 Å². The van der Waals surface area contributed by atoms with Gasteiger partial charge in [-0.3, -0.25) is 0 Å². The van der Waals surface area contributed by atoms with Gasteiger partial charge in [0.2, 0.25) is 0 Å². The number of para-hydroxylation sites is 1. The predicted molar refractivity (Wildman–Crippen MR) is 64.1 cm³/mol. The molecule has 1 fully saturated rings. The molecule has 0 spiro atoms. The van der Waals surface area contributed by atoms with Crippen LogP contribution in [-0.4, -0.2) is 14.5 Å². The molecule has 1 aromatic carbocycles. The summed E-state index contributed by atoms with van der Waals surface area (Å²) < 4.78 is 5.24. The molecule has 1 heterocycles. The molecule has 1 aliphatic rings. The van der Waals surface area contributed by atoms with E-state index in [1.807, 2.05) is 18.2 Å².